The molecule has 1 fully saturated rings. The van der Waals surface area contributed by atoms with Crippen LogP contribution in [0, 0.1) is 0 Å². The molecule has 3 N–H and O–H groups in total. The van der Waals surface area contributed by atoms with Crippen molar-refractivity contribution in [2.24, 2.45) is 5.73 Å². The number of nitrogens with zero attached hydrogens (tertiary/aromatic N) is 1. The molecule has 1 aliphatic carbocycles. The van der Waals surface area contributed by atoms with E-state index >= 15 is 0 Å². The Labute approximate surface area is 124 Å². The molecule has 0 atom stereocenters. The third kappa shape index (κ3) is 4.22. The zero-order valence-electron chi connectivity index (χ0n) is 11.7. The highest BCUT2D eigenvalue weighted by atomic mass is 32.2. The molecule has 1 aromatic heterocycles. The Morgan fingerprint density at radius 1 is 1.14 bits per heavy atom. The lowest BCUT2D eigenvalue weighted by Crippen LogP contribution is -2.40. The standard InChI is InChI=1S/C12H19N3O4S2/c1-20(16,17)12-7-6-11(8-14-12)21(18,19)15-10-4-2-9(13)3-5-10/h6-10,15H,2-5,13H2,1H3. The third-order valence-corrected chi connectivity index (χ3v) is 6.00. The Balaban J connectivity index is 2.13. The zero-order chi connectivity index (χ0) is 15.7. The molecule has 0 radical (unpaired) electrons. The van der Waals surface area contributed by atoms with Gasteiger partial charge in [0.15, 0.2) is 14.9 Å². The Morgan fingerprint density at radius 3 is 2.24 bits per heavy atom. The van der Waals surface area contributed by atoms with E-state index in [1.807, 2.05) is 0 Å². The molecule has 118 valence electrons. The number of hydrogen-bond donors (Lipinski definition) is 2. The second kappa shape index (κ2) is 5.99. The molecular formula is C12H19N3O4S2. The number of aromatic nitrogens is 1. The molecule has 2 rings (SSSR count). The van der Waals surface area contributed by atoms with Crippen LogP contribution in [-0.4, -0.2) is 40.2 Å². The van der Waals surface area contributed by atoms with Crippen LogP contribution in [0.4, 0.5) is 0 Å². The molecule has 7 nitrogen and oxygen atoms in total. The summed E-state index contributed by atoms with van der Waals surface area (Å²) in [4.78, 5) is 3.66. The van der Waals surface area contributed by atoms with Gasteiger partial charge >= 0.3 is 0 Å². The van der Waals surface area contributed by atoms with E-state index in [1.165, 1.54) is 12.1 Å². The first-order valence-electron chi connectivity index (χ1n) is 6.62. The van der Waals surface area contributed by atoms with Crippen LogP contribution in [0.2, 0.25) is 0 Å². The summed E-state index contributed by atoms with van der Waals surface area (Å²) in [7, 11) is -7.13. The smallest absolute Gasteiger partial charge is 0.242 e. The predicted octanol–water partition coefficient (Wildman–Crippen LogP) is 0.0333. The molecule has 21 heavy (non-hydrogen) atoms. The van der Waals surface area contributed by atoms with E-state index in [1.54, 1.807) is 0 Å². The molecule has 0 aromatic carbocycles. The monoisotopic (exact) mass is 333 g/mol. The van der Waals surface area contributed by atoms with Crippen molar-refractivity contribution in [1.82, 2.24) is 9.71 Å². The van der Waals surface area contributed by atoms with E-state index in [4.69, 9.17) is 5.73 Å². The van der Waals surface area contributed by atoms with Crippen LogP contribution in [0.25, 0.3) is 0 Å². The molecule has 0 spiro atoms. The van der Waals surface area contributed by atoms with Crippen LogP contribution in [0.15, 0.2) is 28.3 Å². The van der Waals surface area contributed by atoms with Crippen molar-refractivity contribution in [3.63, 3.8) is 0 Å². The van der Waals surface area contributed by atoms with E-state index in [2.05, 4.69) is 9.71 Å². The van der Waals surface area contributed by atoms with Crippen LogP contribution in [0.1, 0.15) is 25.7 Å². The topological polar surface area (TPSA) is 119 Å². The largest absolute Gasteiger partial charge is 0.328 e. The fourth-order valence-electron chi connectivity index (χ4n) is 2.27. The highest BCUT2D eigenvalue weighted by Crippen LogP contribution is 2.19. The number of nitrogens with two attached hydrogens (primary N) is 1. The van der Waals surface area contributed by atoms with Crippen molar-refractivity contribution in [2.45, 2.75) is 47.7 Å². The summed E-state index contributed by atoms with van der Waals surface area (Å²) in [5.41, 5.74) is 5.79. The molecule has 0 saturated heterocycles. The van der Waals surface area contributed by atoms with E-state index in [0.29, 0.717) is 12.8 Å². The minimum atomic E-state index is -3.69. The predicted molar refractivity (Wildman–Crippen MR) is 77.9 cm³/mol. The first-order chi connectivity index (χ1) is 9.68. The molecule has 0 amide bonds. The van der Waals surface area contributed by atoms with E-state index in [0.717, 1.165) is 25.3 Å². The van der Waals surface area contributed by atoms with Crippen molar-refractivity contribution in [3.05, 3.63) is 18.3 Å². The second-order valence-electron chi connectivity index (χ2n) is 5.34. The molecule has 0 bridgehead atoms. The van der Waals surface area contributed by atoms with Gasteiger partial charge in [-0.1, -0.05) is 0 Å². The lowest BCUT2D eigenvalue weighted by Gasteiger charge is -2.26. The summed E-state index contributed by atoms with van der Waals surface area (Å²) >= 11 is 0. The van der Waals surface area contributed by atoms with Crippen LogP contribution in [0.3, 0.4) is 0 Å². The molecule has 1 aliphatic rings. The van der Waals surface area contributed by atoms with Gasteiger partial charge in [0.2, 0.25) is 10.0 Å². The van der Waals surface area contributed by atoms with Gasteiger partial charge in [-0.2, -0.15) is 0 Å². The maximum Gasteiger partial charge on any atom is 0.242 e. The maximum atomic E-state index is 12.2. The second-order valence-corrected chi connectivity index (χ2v) is 9.01. The summed E-state index contributed by atoms with van der Waals surface area (Å²) in [6.07, 6.45) is 5.07. The first kappa shape index (κ1) is 16.3. The highest BCUT2D eigenvalue weighted by molar-refractivity contribution is 7.90. The van der Waals surface area contributed by atoms with Crippen LogP contribution < -0.4 is 10.5 Å². The SMILES string of the molecule is CS(=O)(=O)c1ccc(S(=O)(=O)NC2CCC(N)CC2)cn1. The molecule has 1 heterocycles. The van der Waals surface area contributed by atoms with E-state index in [-0.39, 0.29) is 22.0 Å². The van der Waals surface area contributed by atoms with E-state index < -0.39 is 19.9 Å². The van der Waals surface area contributed by atoms with Gasteiger partial charge in [-0.25, -0.2) is 26.5 Å². The summed E-state index contributed by atoms with van der Waals surface area (Å²) < 4.78 is 49.6. The minimum Gasteiger partial charge on any atom is -0.328 e. The number of nitrogens with one attached hydrogen (secondary N) is 1. The molecule has 0 unspecified atom stereocenters. The Kier molecular flexibility index (Phi) is 4.66. The van der Waals surface area contributed by atoms with Gasteiger partial charge in [0.25, 0.3) is 0 Å². The number of sulfone groups is 1. The Morgan fingerprint density at radius 2 is 1.76 bits per heavy atom. The fraction of sp³-hybridized carbons (Fsp3) is 0.583. The molecule has 0 aliphatic heterocycles. The number of rotatable bonds is 4. The Hall–Kier alpha value is -1.03. The third-order valence-electron chi connectivity index (χ3n) is 3.49. The molecule has 1 saturated carbocycles. The van der Waals surface area contributed by atoms with Gasteiger partial charge in [0.1, 0.15) is 4.90 Å². The summed E-state index contributed by atoms with van der Waals surface area (Å²) in [6, 6.07) is 2.45. The van der Waals surface area contributed by atoms with E-state index in [9.17, 15) is 16.8 Å². The summed E-state index contributed by atoms with van der Waals surface area (Å²) in [6.45, 7) is 0. The van der Waals surface area contributed by atoms with Crippen molar-refractivity contribution >= 4 is 19.9 Å². The van der Waals surface area contributed by atoms with Crippen molar-refractivity contribution in [1.29, 1.82) is 0 Å². The molecule has 9 heteroatoms. The van der Waals surface area contributed by atoms with Gasteiger partial charge in [0, 0.05) is 24.5 Å². The van der Waals surface area contributed by atoms with Gasteiger partial charge in [-0.15, -0.1) is 0 Å². The number of sulfonamides is 1. The maximum absolute atomic E-state index is 12.2. The van der Waals surface area contributed by atoms with Gasteiger partial charge in [-0.05, 0) is 37.8 Å². The van der Waals surface area contributed by atoms with Gasteiger partial charge in [-0.3, -0.25) is 0 Å². The highest BCUT2D eigenvalue weighted by Gasteiger charge is 2.24. The number of hydrogen-bond acceptors (Lipinski definition) is 6. The minimum absolute atomic E-state index is 0.0372. The summed E-state index contributed by atoms with van der Waals surface area (Å²) in [5, 5.41) is -0.148. The van der Waals surface area contributed by atoms with Crippen LogP contribution >= 0.6 is 0 Å². The van der Waals surface area contributed by atoms with Crippen molar-refractivity contribution in [2.75, 3.05) is 6.26 Å². The molecule has 1 aromatic rings. The van der Waals surface area contributed by atoms with Crippen LogP contribution in [-0.2, 0) is 19.9 Å². The molecular weight excluding hydrogens is 314 g/mol. The zero-order valence-corrected chi connectivity index (χ0v) is 13.3. The average molecular weight is 333 g/mol. The van der Waals surface area contributed by atoms with Gasteiger partial charge in [0.05, 0.1) is 0 Å². The van der Waals surface area contributed by atoms with Crippen LogP contribution in [0.5, 0.6) is 0 Å². The van der Waals surface area contributed by atoms with Crippen molar-refractivity contribution < 1.29 is 16.8 Å². The summed E-state index contributed by atoms with van der Waals surface area (Å²) in [5.74, 6) is 0. The van der Waals surface area contributed by atoms with Crippen molar-refractivity contribution in [3.8, 4) is 0 Å². The van der Waals surface area contributed by atoms with Gasteiger partial charge < -0.3 is 5.73 Å². The normalized spacial score (nSPS) is 23.9. The lowest BCUT2D eigenvalue weighted by atomic mass is 9.93. The lowest BCUT2D eigenvalue weighted by molar-refractivity contribution is 0.373. The fourth-order valence-corrected chi connectivity index (χ4v) is 4.08. The quantitative estimate of drug-likeness (QED) is 0.802. The Bertz CT molecular complexity index is 691. The average Bonchev–Trinajstić information content (AvgIpc) is 2.40. The first-order valence-corrected chi connectivity index (χ1v) is 10.00. The number of pyridine rings is 1.